The highest BCUT2D eigenvalue weighted by atomic mass is 35.5. The molecule has 0 atom stereocenters. The fourth-order valence-corrected chi connectivity index (χ4v) is 3.73. The van der Waals surface area contributed by atoms with Crippen LogP contribution in [0.25, 0.3) is 0 Å². The molecule has 0 saturated heterocycles. The molecule has 0 radical (unpaired) electrons. The second-order valence-electron chi connectivity index (χ2n) is 4.36. The molecule has 0 spiro atoms. The Kier molecular flexibility index (Phi) is 4.58. The number of nitrogens with one attached hydrogen (secondary N) is 1. The van der Waals surface area contributed by atoms with Crippen molar-refractivity contribution < 1.29 is 8.42 Å². The van der Waals surface area contributed by atoms with Crippen molar-refractivity contribution >= 4 is 56.2 Å². The topological polar surface area (TPSA) is 72.2 Å². The summed E-state index contributed by atoms with van der Waals surface area (Å²) in [5.41, 5.74) is 6.78. The quantitative estimate of drug-likeness (QED) is 0.795. The molecule has 2 rings (SSSR count). The zero-order valence-corrected chi connectivity index (χ0v) is 13.9. The summed E-state index contributed by atoms with van der Waals surface area (Å²) in [6.07, 6.45) is 0. The van der Waals surface area contributed by atoms with E-state index in [-0.39, 0.29) is 31.3 Å². The summed E-state index contributed by atoms with van der Waals surface area (Å²) < 4.78 is 27.2. The number of hydrogen-bond donors (Lipinski definition) is 2. The van der Waals surface area contributed by atoms with Gasteiger partial charge in [0.2, 0.25) is 0 Å². The number of aryl methyl sites for hydroxylation is 1. The smallest absolute Gasteiger partial charge is 0.263 e. The van der Waals surface area contributed by atoms with Crippen LogP contribution in [0.5, 0.6) is 0 Å². The molecule has 2 aromatic rings. The third kappa shape index (κ3) is 3.37. The van der Waals surface area contributed by atoms with E-state index in [0.29, 0.717) is 0 Å². The van der Waals surface area contributed by atoms with E-state index >= 15 is 0 Å². The number of nitrogen functional groups attached to an aromatic ring is 1. The maximum Gasteiger partial charge on any atom is 0.263 e. The fraction of sp³-hybridized carbons (Fsp3) is 0.0769. The summed E-state index contributed by atoms with van der Waals surface area (Å²) in [6.45, 7) is 1.82. The van der Waals surface area contributed by atoms with Crippen LogP contribution in [0.15, 0.2) is 35.2 Å². The molecule has 0 aliphatic carbocycles. The SMILES string of the molecule is Cc1ccc(Cl)c(NS(=O)(=O)c2ccc(Cl)c(N)c2Cl)c1. The predicted molar refractivity (Wildman–Crippen MR) is 87.9 cm³/mol. The van der Waals surface area contributed by atoms with Crippen LogP contribution in [0.4, 0.5) is 11.4 Å². The highest BCUT2D eigenvalue weighted by molar-refractivity contribution is 7.92. The number of hydrogen-bond acceptors (Lipinski definition) is 3. The number of halogens is 3. The van der Waals surface area contributed by atoms with Crippen molar-refractivity contribution in [3.05, 3.63) is 51.0 Å². The number of sulfonamides is 1. The molecule has 0 bridgehead atoms. The lowest BCUT2D eigenvalue weighted by Crippen LogP contribution is -2.14. The second kappa shape index (κ2) is 5.93. The minimum Gasteiger partial charge on any atom is -0.396 e. The van der Waals surface area contributed by atoms with Gasteiger partial charge in [0.15, 0.2) is 0 Å². The average molecular weight is 366 g/mol. The van der Waals surface area contributed by atoms with Crippen LogP contribution in [0.1, 0.15) is 5.56 Å². The van der Waals surface area contributed by atoms with Crippen molar-refractivity contribution in [2.45, 2.75) is 11.8 Å². The van der Waals surface area contributed by atoms with Crippen molar-refractivity contribution in [2.24, 2.45) is 0 Å². The lowest BCUT2D eigenvalue weighted by Gasteiger charge is -2.13. The second-order valence-corrected chi connectivity index (χ2v) is 7.21. The zero-order chi connectivity index (χ0) is 15.8. The van der Waals surface area contributed by atoms with E-state index in [9.17, 15) is 8.42 Å². The van der Waals surface area contributed by atoms with Gasteiger partial charge in [-0.1, -0.05) is 40.9 Å². The van der Waals surface area contributed by atoms with Gasteiger partial charge >= 0.3 is 0 Å². The van der Waals surface area contributed by atoms with E-state index in [2.05, 4.69) is 4.72 Å². The highest BCUT2D eigenvalue weighted by Gasteiger charge is 2.21. The Bertz CT molecular complexity index is 807. The minimum atomic E-state index is -3.93. The molecule has 21 heavy (non-hydrogen) atoms. The molecule has 3 N–H and O–H groups in total. The molecule has 0 aromatic heterocycles. The summed E-state index contributed by atoms with van der Waals surface area (Å²) >= 11 is 17.7. The van der Waals surface area contributed by atoms with Crippen molar-refractivity contribution in [3.63, 3.8) is 0 Å². The Balaban J connectivity index is 2.49. The van der Waals surface area contributed by atoms with Crippen molar-refractivity contribution in [1.29, 1.82) is 0 Å². The van der Waals surface area contributed by atoms with Crippen LogP contribution in [0, 0.1) is 6.92 Å². The Morgan fingerprint density at radius 1 is 1.05 bits per heavy atom. The molecule has 8 heteroatoms. The molecule has 112 valence electrons. The van der Waals surface area contributed by atoms with Gasteiger partial charge in [-0.15, -0.1) is 0 Å². The van der Waals surface area contributed by atoms with E-state index in [4.69, 9.17) is 40.5 Å². The lowest BCUT2D eigenvalue weighted by molar-refractivity contribution is 0.601. The number of nitrogens with two attached hydrogens (primary N) is 1. The minimum absolute atomic E-state index is 0.0107. The highest BCUT2D eigenvalue weighted by Crippen LogP contribution is 2.34. The largest absolute Gasteiger partial charge is 0.396 e. The van der Waals surface area contributed by atoms with E-state index in [1.807, 2.05) is 6.92 Å². The van der Waals surface area contributed by atoms with Gasteiger partial charge < -0.3 is 5.73 Å². The van der Waals surface area contributed by atoms with Gasteiger partial charge in [-0.05, 0) is 36.8 Å². The van der Waals surface area contributed by atoms with E-state index < -0.39 is 10.0 Å². The molecule has 0 saturated carbocycles. The standard InChI is InChI=1S/C13H11Cl3N2O2S/c1-7-2-3-8(14)10(6-7)18-21(19,20)11-5-4-9(15)13(17)12(11)16/h2-6,18H,17H2,1H3. The van der Waals surface area contributed by atoms with Gasteiger partial charge in [0, 0.05) is 0 Å². The summed E-state index contributed by atoms with van der Waals surface area (Å²) in [5.74, 6) is 0. The molecule has 2 aromatic carbocycles. The maximum atomic E-state index is 12.4. The molecule has 0 aliphatic heterocycles. The van der Waals surface area contributed by atoms with Crippen LogP contribution in [0.3, 0.4) is 0 Å². The van der Waals surface area contributed by atoms with E-state index in [1.54, 1.807) is 18.2 Å². The van der Waals surface area contributed by atoms with Crippen LogP contribution in [-0.4, -0.2) is 8.42 Å². The number of rotatable bonds is 3. The summed E-state index contributed by atoms with van der Waals surface area (Å²) in [4.78, 5) is -0.163. The fourth-order valence-electron chi connectivity index (χ4n) is 1.67. The monoisotopic (exact) mass is 364 g/mol. The third-order valence-corrected chi connectivity index (χ3v) is 5.33. The van der Waals surface area contributed by atoms with Gasteiger partial charge in [-0.3, -0.25) is 4.72 Å². The van der Waals surface area contributed by atoms with Crippen molar-refractivity contribution in [3.8, 4) is 0 Å². The average Bonchev–Trinajstić information content (AvgIpc) is 2.39. The van der Waals surface area contributed by atoms with Gasteiger partial charge in [0.25, 0.3) is 10.0 Å². The zero-order valence-electron chi connectivity index (χ0n) is 10.8. The van der Waals surface area contributed by atoms with Crippen LogP contribution in [0.2, 0.25) is 15.1 Å². The van der Waals surface area contributed by atoms with Crippen LogP contribution < -0.4 is 10.5 Å². The first-order valence-electron chi connectivity index (χ1n) is 5.75. The Morgan fingerprint density at radius 2 is 1.67 bits per heavy atom. The summed E-state index contributed by atoms with van der Waals surface area (Å²) in [7, 11) is -3.93. The van der Waals surface area contributed by atoms with E-state index in [0.717, 1.165) is 5.56 Å². The summed E-state index contributed by atoms with van der Waals surface area (Å²) in [5, 5.41) is 0.341. The normalized spacial score (nSPS) is 11.4. The van der Waals surface area contributed by atoms with Gasteiger partial charge in [-0.25, -0.2) is 8.42 Å². The van der Waals surface area contributed by atoms with Gasteiger partial charge in [-0.2, -0.15) is 0 Å². The molecule has 4 nitrogen and oxygen atoms in total. The van der Waals surface area contributed by atoms with Crippen molar-refractivity contribution in [2.75, 3.05) is 10.5 Å². The van der Waals surface area contributed by atoms with Crippen LogP contribution >= 0.6 is 34.8 Å². The van der Waals surface area contributed by atoms with Gasteiger partial charge in [0.1, 0.15) is 4.90 Å². The molecular formula is C13H11Cl3N2O2S. The van der Waals surface area contributed by atoms with Crippen molar-refractivity contribution in [1.82, 2.24) is 0 Å². The molecule has 0 aliphatic rings. The Labute approximate surface area is 137 Å². The molecule has 0 amide bonds. The predicted octanol–water partition coefficient (Wildman–Crippen LogP) is 4.34. The molecular weight excluding hydrogens is 355 g/mol. The molecule has 0 fully saturated rings. The molecule has 0 unspecified atom stereocenters. The first-order chi connectivity index (χ1) is 9.72. The van der Waals surface area contributed by atoms with Gasteiger partial charge in [0.05, 0.1) is 26.4 Å². The number of anilines is 2. The van der Waals surface area contributed by atoms with E-state index in [1.165, 1.54) is 12.1 Å². The lowest BCUT2D eigenvalue weighted by atomic mass is 10.2. The first kappa shape index (κ1) is 16.2. The Hall–Kier alpha value is -1.14. The first-order valence-corrected chi connectivity index (χ1v) is 8.36. The maximum absolute atomic E-state index is 12.4. The molecule has 0 heterocycles. The third-order valence-electron chi connectivity index (χ3n) is 2.75. The van der Waals surface area contributed by atoms with Crippen LogP contribution in [-0.2, 0) is 10.0 Å². The Morgan fingerprint density at radius 3 is 2.33 bits per heavy atom. The summed E-state index contributed by atoms with van der Waals surface area (Å²) in [6, 6.07) is 7.65. The number of benzene rings is 2.